The molecule has 0 bridgehead atoms. The third kappa shape index (κ3) is 1210. The molecule has 0 rings (SSSR count). The van der Waals surface area contributed by atoms with Gasteiger partial charge in [0.05, 0.1) is 0 Å². The Balaban J connectivity index is -0.000000000765. The summed E-state index contributed by atoms with van der Waals surface area (Å²) in [6.07, 6.45) is -12.8. The summed E-state index contributed by atoms with van der Waals surface area (Å²) in [5.74, 6) is 0. The maximum atomic E-state index is 8.56. The first-order valence-electron chi connectivity index (χ1n) is 4.56. The number of hydrogen-bond acceptors (Lipinski definition) is 7. The van der Waals surface area contributed by atoms with E-state index in [1.807, 2.05) is 0 Å². The third-order valence-corrected chi connectivity index (χ3v) is 0. The minimum Gasteiger partial charge on any atom is -0.450 e. The number of carbonyl (C=O) groups is 7. The molecule has 168 valence electrons. The number of carboxylic acid groups (broad SMARTS) is 14. The Morgan fingerprint density at radius 1 is 0.0778 bits per heavy atom. The third-order valence-electron chi connectivity index (χ3n) is 0. The molecule has 0 aromatic rings. The van der Waals surface area contributed by atoms with Crippen LogP contribution >= 0.6 is 0 Å². The maximum absolute atomic E-state index is 8.56. The smallest absolute Gasteiger partial charge is 0.450 e. The maximum Gasteiger partial charge on any atom is 2.00 e. The Kier molecular flexibility index (Phi) is 3510. The Labute approximate surface area is 1530 Å². The van der Waals surface area contributed by atoms with Gasteiger partial charge in [-0.05, 0) is 0 Å². The van der Waals surface area contributed by atoms with E-state index in [1.54, 1.807) is 0 Å². The Morgan fingerprint density at radius 3 is 0.0778 bits per heavy atom. The first-order chi connectivity index (χ1) is 12.1. The molecule has 0 aromatic carbocycles. The van der Waals surface area contributed by atoms with Crippen LogP contribution in [0, 0.1) is 0 Å². The molecule has 0 radical (unpaired) electrons. The Hall–Kier alpha value is 42.4. The molecule has 0 aromatic heterocycles. The molecule has 0 unspecified atom stereocenters. The molecular formula is C7H14Mg62O21+124. The monoisotopic (exact) mass is 1920 g/mol. The van der Waals surface area contributed by atoms with Gasteiger partial charge < -0.3 is 71.5 Å². The summed E-state index contributed by atoms with van der Waals surface area (Å²) in [6.45, 7) is 0. The van der Waals surface area contributed by atoms with Crippen LogP contribution in [0.15, 0.2) is 0 Å². The van der Waals surface area contributed by atoms with Crippen LogP contribution in [-0.2, 0) is 0 Å². The van der Waals surface area contributed by atoms with Crippen molar-refractivity contribution in [2.24, 2.45) is 0 Å². The van der Waals surface area contributed by atoms with E-state index >= 15 is 0 Å². The van der Waals surface area contributed by atoms with Crippen molar-refractivity contribution < 1.29 is 105 Å². The van der Waals surface area contributed by atoms with Crippen LogP contribution in [0.2, 0.25) is 0 Å². The first-order valence-corrected chi connectivity index (χ1v) is 4.56. The summed E-state index contributed by atoms with van der Waals surface area (Å²) in [6, 6.07) is 0. The molecule has 0 aliphatic rings. The van der Waals surface area contributed by atoms with Gasteiger partial charge in [0.15, 0.2) is 0 Å². The molecule has 0 heterocycles. The van der Waals surface area contributed by atoms with Crippen LogP contribution in [0.1, 0.15) is 0 Å². The average molecular weight is 1940 g/mol. The van der Waals surface area contributed by atoms with Crippen LogP contribution in [-0.4, -0.2) is 1540 Å². The number of hydrogen-bond donors (Lipinski definition) is 14. The van der Waals surface area contributed by atoms with Crippen molar-refractivity contribution in [3.05, 3.63) is 0 Å². The van der Waals surface area contributed by atoms with Crippen molar-refractivity contribution in [2.45, 2.75) is 0 Å². The molecule has 0 saturated carbocycles. The average Bonchev–Trinajstić information content (AvgIpc) is 2.20. The molecule has 0 spiro atoms. The second-order valence-corrected chi connectivity index (χ2v) is 1.98. The summed E-state index contributed by atoms with van der Waals surface area (Å²) in [5, 5.41) is 97.6. The fraction of sp³-hybridized carbons (Fsp3) is 0. The summed E-state index contributed by atoms with van der Waals surface area (Å²) in [7, 11) is 0. The van der Waals surface area contributed by atoms with Gasteiger partial charge in [-0.3, -0.25) is 0 Å². The molecule has 0 fully saturated rings. The summed E-state index contributed by atoms with van der Waals surface area (Å²) >= 11 is 0. The minimum atomic E-state index is -1.83. The molecule has 0 amide bonds. The van der Waals surface area contributed by atoms with Gasteiger partial charge in [0.1, 0.15) is 0 Å². The molecule has 90 heavy (non-hydrogen) atoms. The second kappa shape index (κ2) is 556. The first kappa shape index (κ1) is 569. The minimum absolute atomic E-state index is 0. The predicted octanol–water partition coefficient (Wildman–Crippen LogP) is -22.1. The van der Waals surface area contributed by atoms with E-state index in [0.29, 0.717) is 0 Å². The van der Waals surface area contributed by atoms with Crippen LogP contribution in [0.5, 0.6) is 0 Å². The van der Waals surface area contributed by atoms with Crippen molar-refractivity contribution in [3.8, 4) is 0 Å². The van der Waals surface area contributed by atoms with Gasteiger partial charge in [-0.25, -0.2) is 33.6 Å². The van der Waals surface area contributed by atoms with Gasteiger partial charge >= 0.3 is 1470 Å². The molecule has 0 aliphatic heterocycles. The summed E-state index contributed by atoms with van der Waals surface area (Å²) < 4.78 is 0. The van der Waals surface area contributed by atoms with Crippen molar-refractivity contribution in [3.63, 3.8) is 0 Å². The van der Waals surface area contributed by atoms with Crippen LogP contribution in [0.25, 0.3) is 0 Å². The largest absolute Gasteiger partial charge is 2.00 e. The zero-order chi connectivity index (χ0) is 25.0. The van der Waals surface area contributed by atoms with E-state index in [4.69, 9.17) is 105 Å². The van der Waals surface area contributed by atoms with Gasteiger partial charge in [-0.2, -0.15) is 0 Å². The summed E-state index contributed by atoms with van der Waals surface area (Å²) in [5.41, 5.74) is 0. The van der Waals surface area contributed by atoms with Crippen molar-refractivity contribution in [1.82, 2.24) is 0 Å². The molecule has 0 saturated heterocycles. The van der Waals surface area contributed by atoms with E-state index in [9.17, 15) is 0 Å². The van der Waals surface area contributed by atoms with E-state index in [2.05, 4.69) is 0 Å². The standard InChI is InChI=1S/7CH2O3.62Mg/c7*2-1(3)4;;;;;;;;;;;;;;;;;;;;;;;;;;;;;;;;;;;;;;;;;;;;;;;;;;;;;;;;;;;;;;/h7*(H2,2,3,4);;;;;;;;;;;;;;;;;;;;;;;;;;;;;;;;;;;;;;;;;;;;;;;;;;;;;;;;;;;;;;/q;;;;;;;62*+2. The zero-order valence-electron chi connectivity index (χ0n) is 56.5. The molecular weight excluding hydrogens is 1930 g/mol. The molecule has 14 N–H and O–H groups in total. The quantitative estimate of drug-likeness (QED) is 0.100. The predicted molar refractivity (Wildman–Crippen MR) is 431 cm³/mol. The Morgan fingerprint density at radius 2 is 0.0778 bits per heavy atom. The van der Waals surface area contributed by atoms with E-state index in [1.165, 1.54) is 0 Å². The van der Waals surface area contributed by atoms with Crippen LogP contribution in [0.3, 0.4) is 0 Å². The second-order valence-electron chi connectivity index (χ2n) is 1.98. The van der Waals surface area contributed by atoms with E-state index < -0.39 is 43.1 Å². The van der Waals surface area contributed by atoms with Gasteiger partial charge in [0, 0.05) is 0 Å². The Bertz CT molecular complexity index is 382. The van der Waals surface area contributed by atoms with Crippen LogP contribution in [0.4, 0.5) is 33.6 Å². The fourth-order valence-corrected chi connectivity index (χ4v) is 0. The topological polar surface area (TPSA) is 403 Å². The van der Waals surface area contributed by atoms with Crippen molar-refractivity contribution in [1.29, 1.82) is 0 Å². The van der Waals surface area contributed by atoms with Gasteiger partial charge in [0.25, 0.3) is 0 Å². The fourth-order valence-electron chi connectivity index (χ4n) is 0. The van der Waals surface area contributed by atoms with E-state index in [0.717, 1.165) is 0 Å². The van der Waals surface area contributed by atoms with Gasteiger partial charge in [-0.1, -0.05) is 0 Å². The van der Waals surface area contributed by atoms with E-state index in [-0.39, 0.29) is 1430 Å². The van der Waals surface area contributed by atoms with Crippen molar-refractivity contribution >= 4 is 1470 Å². The number of rotatable bonds is 0. The SMILES string of the molecule is O=C(O)O.O=C(O)O.O=C(O)O.O=C(O)O.O=C(O)O.O=C(O)O.O=C(O)O.[Mg+2].[Mg+2].[Mg+2].[Mg+2].[Mg+2].[Mg+2].[Mg+2].[Mg+2].[Mg+2].[Mg+2].[Mg+2].[Mg+2].[Mg+2].[Mg+2].[Mg+2].[Mg+2].[Mg+2].[Mg+2].[Mg+2].[Mg+2].[Mg+2].[Mg+2].[Mg+2].[Mg+2].[Mg+2].[Mg+2].[Mg+2].[Mg+2].[Mg+2].[Mg+2].[Mg+2].[Mg+2].[Mg+2].[Mg+2].[Mg+2].[Mg+2].[Mg+2].[Mg+2].[Mg+2].[Mg+2].[Mg+2].[Mg+2].[Mg+2].[Mg+2].[Mg+2].[Mg+2].[Mg+2].[Mg+2].[Mg+2].[Mg+2].[Mg+2].[Mg+2].[Mg+2].[Mg+2].[Mg+2].[Mg+2].[Mg+2].[Mg+2].[Mg+2].[Mg+2].[Mg+2].[Mg+2]. The summed E-state index contributed by atoms with van der Waals surface area (Å²) in [4.78, 5) is 59.9. The molecule has 83 heteroatoms. The normalized spacial score (nSPS) is 1.87. The van der Waals surface area contributed by atoms with Crippen molar-refractivity contribution in [2.75, 3.05) is 0 Å². The molecule has 21 nitrogen and oxygen atoms in total. The van der Waals surface area contributed by atoms with Gasteiger partial charge in [-0.15, -0.1) is 0 Å². The van der Waals surface area contributed by atoms with Gasteiger partial charge in [0.2, 0.25) is 0 Å². The molecule has 0 aliphatic carbocycles. The molecule has 0 atom stereocenters. The van der Waals surface area contributed by atoms with Crippen LogP contribution < -0.4 is 0 Å². The zero-order valence-corrected chi connectivity index (χ0v) is 144.